The second kappa shape index (κ2) is 7.79. The molecule has 11 heteroatoms. The zero-order valence-corrected chi connectivity index (χ0v) is 13.0. The van der Waals surface area contributed by atoms with Crippen LogP contribution in [0.3, 0.4) is 0 Å². The fraction of sp³-hybridized carbons (Fsp3) is 0.615. The van der Waals surface area contributed by atoms with Gasteiger partial charge in [0.15, 0.2) is 5.69 Å². The third kappa shape index (κ3) is 4.24. The van der Waals surface area contributed by atoms with E-state index in [1.54, 1.807) is 0 Å². The number of nitrogens with one attached hydrogen (secondary N) is 2. The van der Waals surface area contributed by atoms with Crippen molar-refractivity contribution in [3.8, 4) is 0 Å². The Morgan fingerprint density at radius 2 is 2.17 bits per heavy atom. The fourth-order valence-electron chi connectivity index (χ4n) is 2.47. The lowest BCUT2D eigenvalue weighted by Gasteiger charge is -2.23. The summed E-state index contributed by atoms with van der Waals surface area (Å²) in [6.45, 7) is -0.584. The molecule has 2 rings (SSSR count). The van der Waals surface area contributed by atoms with Crippen LogP contribution >= 0.6 is 0 Å². The van der Waals surface area contributed by atoms with Crippen molar-refractivity contribution in [3.05, 3.63) is 11.9 Å². The predicted molar refractivity (Wildman–Crippen MR) is 77.2 cm³/mol. The molecule has 2 heterocycles. The van der Waals surface area contributed by atoms with Gasteiger partial charge in [0.25, 0.3) is 12.3 Å². The van der Waals surface area contributed by atoms with E-state index >= 15 is 0 Å². The van der Waals surface area contributed by atoms with Gasteiger partial charge in [-0.25, -0.2) is 8.78 Å². The summed E-state index contributed by atoms with van der Waals surface area (Å²) in [5, 5.41) is 12.0. The third-order valence-electron chi connectivity index (χ3n) is 3.59. The Labute approximate surface area is 136 Å². The van der Waals surface area contributed by atoms with E-state index in [0.29, 0.717) is 24.2 Å². The second-order valence-corrected chi connectivity index (χ2v) is 5.22. The van der Waals surface area contributed by atoms with Crippen molar-refractivity contribution in [1.82, 2.24) is 30.5 Å². The molecular weight excluding hydrogens is 326 g/mol. The molecule has 1 aromatic rings. The lowest BCUT2D eigenvalue weighted by Crippen LogP contribution is -2.48. The molecule has 0 spiro atoms. The summed E-state index contributed by atoms with van der Waals surface area (Å²) in [6, 6.07) is -0.536. The molecule has 1 unspecified atom stereocenters. The Balaban J connectivity index is 1.88. The predicted octanol–water partition coefficient (Wildman–Crippen LogP) is -0.990. The summed E-state index contributed by atoms with van der Waals surface area (Å²) in [4.78, 5) is 37.8. The van der Waals surface area contributed by atoms with Crippen LogP contribution in [0, 0.1) is 0 Å². The zero-order valence-electron chi connectivity index (χ0n) is 13.0. The lowest BCUT2D eigenvalue weighted by atomic mass is 10.2. The van der Waals surface area contributed by atoms with Crippen LogP contribution in [0.25, 0.3) is 0 Å². The van der Waals surface area contributed by atoms with Crippen LogP contribution in [0.4, 0.5) is 8.78 Å². The largest absolute Gasteiger partial charge is 0.357 e. The number of hydrogen-bond acceptors (Lipinski definition) is 5. The normalized spacial score (nSPS) is 17.2. The van der Waals surface area contributed by atoms with Crippen molar-refractivity contribution < 1.29 is 23.2 Å². The molecule has 1 saturated heterocycles. The van der Waals surface area contributed by atoms with Gasteiger partial charge in [-0.1, -0.05) is 0 Å². The lowest BCUT2D eigenvalue weighted by molar-refractivity contribution is -0.137. The minimum Gasteiger partial charge on any atom is -0.357 e. The van der Waals surface area contributed by atoms with Gasteiger partial charge in [-0.05, 0) is 12.8 Å². The molecule has 24 heavy (non-hydrogen) atoms. The van der Waals surface area contributed by atoms with Crippen LogP contribution in [-0.2, 0) is 16.1 Å². The van der Waals surface area contributed by atoms with Gasteiger partial charge in [-0.15, -0.1) is 5.10 Å². The molecule has 2 N–H and O–H groups in total. The van der Waals surface area contributed by atoms with Crippen molar-refractivity contribution >= 4 is 17.7 Å². The van der Waals surface area contributed by atoms with Gasteiger partial charge >= 0.3 is 0 Å². The maximum Gasteiger partial charge on any atom is 0.273 e. The number of halogens is 2. The summed E-state index contributed by atoms with van der Waals surface area (Å²) < 4.78 is 24.4. The quantitative estimate of drug-likeness (QED) is 0.689. The molecule has 1 fully saturated rings. The van der Waals surface area contributed by atoms with E-state index in [2.05, 4.69) is 20.8 Å². The first kappa shape index (κ1) is 17.8. The summed E-state index contributed by atoms with van der Waals surface area (Å²) in [5.74, 6) is -1.34. The Kier molecular flexibility index (Phi) is 5.77. The van der Waals surface area contributed by atoms with E-state index in [4.69, 9.17) is 0 Å². The third-order valence-corrected chi connectivity index (χ3v) is 3.59. The van der Waals surface area contributed by atoms with E-state index in [1.807, 2.05) is 0 Å². The van der Waals surface area contributed by atoms with E-state index < -0.39 is 30.8 Å². The summed E-state index contributed by atoms with van der Waals surface area (Å²) in [7, 11) is 1.49. The Hall–Kier alpha value is -2.59. The highest BCUT2D eigenvalue weighted by Crippen LogP contribution is 2.17. The molecular formula is C13H18F2N6O3. The topological polar surface area (TPSA) is 109 Å². The molecule has 0 aliphatic carbocycles. The molecule has 1 aliphatic heterocycles. The molecule has 0 aromatic carbocycles. The molecule has 0 radical (unpaired) electrons. The van der Waals surface area contributed by atoms with E-state index in [-0.39, 0.29) is 18.1 Å². The fourth-order valence-corrected chi connectivity index (χ4v) is 2.47. The van der Waals surface area contributed by atoms with Gasteiger partial charge < -0.3 is 15.5 Å². The number of aromatic nitrogens is 3. The Bertz CT molecular complexity index is 621. The van der Waals surface area contributed by atoms with Crippen LogP contribution in [0.1, 0.15) is 23.3 Å². The number of alkyl halides is 2. The first-order valence-corrected chi connectivity index (χ1v) is 7.40. The average molecular weight is 344 g/mol. The smallest absolute Gasteiger partial charge is 0.273 e. The van der Waals surface area contributed by atoms with E-state index in [1.165, 1.54) is 11.9 Å². The molecule has 0 bridgehead atoms. The number of rotatable bonds is 6. The van der Waals surface area contributed by atoms with Crippen molar-refractivity contribution in [1.29, 1.82) is 0 Å². The van der Waals surface area contributed by atoms with Crippen molar-refractivity contribution in [2.45, 2.75) is 31.9 Å². The zero-order chi connectivity index (χ0) is 17.7. The number of amides is 3. The van der Waals surface area contributed by atoms with Gasteiger partial charge in [-0.2, -0.15) is 9.90 Å². The van der Waals surface area contributed by atoms with Crippen LogP contribution in [0.15, 0.2) is 6.20 Å². The summed E-state index contributed by atoms with van der Waals surface area (Å²) in [6.07, 6.45) is -0.307. The van der Waals surface area contributed by atoms with Gasteiger partial charge in [0.1, 0.15) is 12.6 Å². The summed E-state index contributed by atoms with van der Waals surface area (Å²) in [5.41, 5.74) is -0.160. The molecule has 0 saturated carbocycles. The van der Waals surface area contributed by atoms with Crippen LogP contribution in [0.5, 0.6) is 0 Å². The molecule has 1 atom stereocenters. The number of nitrogens with zero attached hydrogens (tertiary/aromatic N) is 4. The number of carbonyl (C=O) groups excluding carboxylic acids is 3. The number of likely N-dealkylation sites (tertiary alicyclic amines) is 1. The Morgan fingerprint density at radius 3 is 2.83 bits per heavy atom. The van der Waals surface area contributed by atoms with Gasteiger partial charge in [0.2, 0.25) is 11.8 Å². The van der Waals surface area contributed by atoms with E-state index in [9.17, 15) is 23.2 Å². The van der Waals surface area contributed by atoms with Crippen molar-refractivity contribution in [2.24, 2.45) is 0 Å². The van der Waals surface area contributed by atoms with Gasteiger partial charge in [0, 0.05) is 13.6 Å². The molecule has 1 aromatic heterocycles. The number of hydrogen-bond donors (Lipinski definition) is 2. The van der Waals surface area contributed by atoms with Crippen molar-refractivity contribution in [3.63, 3.8) is 0 Å². The standard InChI is InChI=1S/C13H18F2N6O3/c1-16-13(24)9-3-2-4-20(9)11(22)6-17-12(23)8-5-18-21(19-8)7-10(14)15/h5,9-10H,2-4,6-7H2,1H3,(H,16,24)(H,17,23). The molecule has 132 valence electrons. The SMILES string of the molecule is CNC(=O)C1CCCN1C(=O)CNC(=O)c1cnn(CC(F)F)n1. The monoisotopic (exact) mass is 344 g/mol. The van der Waals surface area contributed by atoms with E-state index in [0.717, 1.165) is 6.20 Å². The highest BCUT2D eigenvalue weighted by Gasteiger charge is 2.33. The van der Waals surface area contributed by atoms with Gasteiger partial charge in [-0.3, -0.25) is 14.4 Å². The minimum atomic E-state index is -2.63. The highest BCUT2D eigenvalue weighted by molar-refractivity contribution is 5.95. The van der Waals surface area contributed by atoms with Gasteiger partial charge in [0.05, 0.1) is 12.7 Å². The molecule has 3 amide bonds. The minimum absolute atomic E-state index is 0.160. The Morgan fingerprint density at radius 1 is 1.42 bits per heavy atom. The maximum absolute atomic E-state index is 12.2. The molecule has 1 aliphatic rings. The summed E-state index contributed by atoms with van der Waals surface area (Å²) >= 11 is 0. The molecule has 9 nitrogen and oxygen atoms in total. The van der Waals surface area contributed by atoms with Crippen LogP contribution in [-0.4, -0.2) is 70.2 Å². The van der Waals surface area contributed by atoms with Crippen molar-refractivity contribution in [2.75, 3.05) is 20.1 Å². The first-order chi connectivity index (χ1) is 11.4. The highest BCUT2D eigenvalue weighted by atomic mass is 19.3. The number of likely N-dealkylation sites (N-methyl/N-ethyl adjacent to an activating group) is 1. The second-order valence-electron chi connectivity index (χ2n) is 5.22. The number of carbonyl (C=O) groups is 3. The van der Waals surface area contributed by atoms with Crippen LogP contribution in [0.2, 0.25) is 0 Å². The van der Waals surface area contributed by atoms with Crippen LogP contribution < -0.4 is 10.6 Å². The first-order valence-electron chi connectivity index (χ1n) is 7.40. The maximum atomic E-state index is 12.2. The average Bonchev–Trinajstić information content (AvgIpc) is 3.20.